The summed E-state index contributed by atoms with van der Waals surface area (Å²) in [5.74, 6) is 0.876. The summed E-state index contributed by atoms with van der Waals surface area (Å²) >= 11 is 1.33. The van der Waals surface area contributed by atoms with Crippen molar-refractivity contribution in [2.45, 2.75) is 19.8 Å². The number of nitrogens with one attached hydrogen (secondary N) is 1. The van der Waals surface area contributed by atoms with Gasteiger partial charge < -0.3 is 10.1 Å². The van der Waals surface area contributed by atoms with E-state index in [9.17, 15) is 4.79 Å². The van der Waals surface area contributed by atoms with Crippen molar-refractivity contribution in [2.75, 3.05) is 19.8 Å². The highest BCUT2D eigenvalue weighted by Gasteiger charge is 2.19. The predicted octanol–water partition coefficient (Wildman–Crippen LogP) is 2.06. The molecule has 0 radical (unpaired) electrons. The minimum Gasteiger partial charge on any atom is -0.381 e. The first-order chi connectivity index (χ1) is 10.7. The lowest BCUT2D eigenvalue weighted by Crippen LogP contribution is -2.33. The zero-order valence-electron chi connectivity index (χ0n) is 12.4. The van der Waals surface area contributed by atoms with E-state index in [1.165, 1.54) is 11.3 Å². The fourth-order valence-electron chi connectivity index (χ4n) is 2.40. The topological polar surface area (TPSA) is 77.0 Å². The quantitative estimate of drug-likeness (QED) is 0.934. The number of carbonyl (C=O) groups excluding carboxylic acids is 1. The summed E-state index contributed by atoms with van der Waals surface area (Å²) in [7, 11) is 0. The maximum atomic E-state index is 12.3. The van der Waals surface area contributed by atoms with Crippen LogP contribution in [0.2, 0.25) is 0 Å². The first kappa shape index (κ1) is 15.1. The number of carbonyl (C=O) groups is 1. The van der Waals surface area contributed by atoms with Gasteiger partial charge in [-0.3, -0.25) is 4.79 Å². The van der Waals surface area contributed by atoms with Gasteiger partial charge in [-0.2, -0.15) is 0 Å². The maximum Gasteiger partial charge on any atom is 0.263 e. The molecule has 6 nitrogen and oxygen atoms in total. The molecule has 116 valence electrons. The molecular weight excluding hydrogens is 300 g/mol. The van der Waals surface area contributed by atoms with Gasteiger partial charge in [0, 0.05) is 25.5 Å². The third-order valence-corrected chi connectivity index (χ3v) is 4.72. The van der Waals surface area contributed by atoms with Crippen LogP contribution in [0.1, 0.15) is 28.2 Å². The van der Waals surface area contributed by atoms with Crippen LogP contribution in [-0.4, -0.2) is 40.6 Å². The van der Waals surface area contributed by atoms with Crippen molar-refractivity contribution < 1.29 is 9.53 Å². The van der Waals surface area contributed by atoms with Crippen LogP contribution in [0, 0.1) is 12.8 Å². The van der Waals surface area contributed by atoms with E-state index in [4.69, 9.17) is 4.74 Å². The van der Waals surface area contributed by atoms with Crippen LogP contribution in [0.25, 0.3) is 10.8 Å². The second-order valence-corrected chi connectivity index (χ2v) is 6.30. The van der Waals surface area contributed by atoms with Gasteiger partial charge in [-0.15, -0.1) is 11.3 Å². The van der Waals surface area contributed by atoms with Crippen molar-refractivity contribution in [1.29, 1.82) is 0 Å². The van der Waals surface area contributed by atoms with Gasteiger partial charge in [-0.05, 0) is 31.7 Å². The molecule has 2 aromatic rings. The molecule has 1 aliphatic rings. The molecule has 0 unspecified atom stereocenters. The van der Waals surface area contributed by atoms with Crippen LogP contribution in [0.4, 0.5) is 0 Å². The van der Waals surface area contributed by atoms with Crippen LogP contribution in [0.5, 0.6) is 0 Å². The van der Waals surface area contributed by atoms with Gasteiger partial charge in [-0.25, -0.2) is 15.0 Å². The van der Waals surface area contributed by atoms with Crippen molar-refractivity contribution in [3.63, 3.8) is 0 Å². The zero-order valence-corrected chi connectivity index (χ0v) is 13.2. The first-order valence-corrected chi connectivity index (χ1v) is 8.16. The number of hydrogen-bond acceptors (Lipinski definition) is 6. The number of aryl methyl sites for hydroxylation is 1. The highest BCUT2D eigenvalue weighted by Crippen LogP contribution is 2.25. The first-order valence-electron chi connectivity index (χ1n) is 7.35. The van der Waals surface area contributed by atoms with E-state index in [1.807, 2.05) is 6.92 Å². The molecule has 0 aromatic carbocycles. The van der Waals surface area contributed by atoms with E-state index in [1.54, 1.807) is 18.5 Å². The molecule has 1 fully saturated rings. The van der Waals surface area contributed by atoms with Gasteiger partial charge in [0.2, 0.25) is 0 Å². The molecule has 3 rings (SSSR count). The van der Waals surface area contributed by atoms with E-state index < -0.39 is 0 Å². The number of hydrogen-bond donors (Lipinski definition) is 1. The van der Waals surface area contributed by atoms with Crippen LogP contribution >= 0.6 is 11.3 Å². The maximum absolute atomic E-state index is 12.3. The summed E-state index contributed by atoms with van der Waals surface area (Å²) in [6.07, 6.45) is 5.50. The van der Waals surface area contributed by atoms with Gasteiger partial charge in [0.15, 0.2) is 10.8 Å². The van der Waals surface area contributed by atoms with E-state index >= 15 is 0 Å². The lowest BCUT2D eigenvalue weighted by atomic mass is 10.0. The highest BCUT2D eigenvalue weighted by molar-refractivity contribution is 7.17. The van der Waals surface area contributed by atoms with Gasteiger partial charge >= 0.3 is 0 Å². The molecule has 1 atom stereocenters. The number of rotatable bonds is 4. The van der Waals surface area contributed by atoms with Gasteiger partial charge in [0.1, 0.15) is 4.88 Å². The molecule has 0 aliphatic carbocycles. The van der Waals surface area contributed by atoms with Crippen molar-refractivity contribution in [2.24, 2.45) is 5.92 Å². The normalized spacial score (nSPS) is 18.1. The van der Waals surface area contributed by atoms with E-state index in [2.05, 4.69) is 20.3 Å². The molecule has 1 N–H and O–H groups in total. The van der Waals surface area contributed by atoms with Gasteiger partial charge in [-0.1, -0.05) is 0 Å². The number of amides is 1. The van der Waals surface area contributed by atoms with E-state index in [0.717, 1.165) is 26.1 Å². The second kappa shape index (κ2) is 6.93. The zero-order chi connectivity index (χ0) is 15.4. The average molecular weight is 318 g/mol. The lowest BCUT2D eigenvalue weighted by molar-refractivity contribution is 0.0536. The molecule has 1 saturated heterocycles. The van der Waals surface area contributed by atoms with E-state index in [0.29, 0.717) is 33.9 Å². The van der Waals surface area contributed by atoms with Gasteiger partial charge in [0.05, 0.1) is 12.3 Å². The Hall–Kier alpha value is -1.86. The molecule has 0 spiro atoms. The molecule has 2 aromatic heterocycles. The molecule has 1 amide bonds. The summed E-state index contributed by atoms with van der Waals surface area (Å²) in [5, 5.41) is 3.66. The number of ether oxygens (including phenoxy) is 1. The highest BCUT2D eigenvalue weighted by atomic mass is 32.1. The lowest BCUT2D eigenvalue weighted by Gasteiger charge is -2.22. The fourth-order valence-corrected chi connectivity index (χ4v) is 3.33. The summed E-state index contributed by atoms with van der Waals surface area (Å²) in [5.41, 5.74) is 0.713. The Morgan fingerprint density at radius 3 is 3.00 bits per heavy atom. The number of thiazole rings is 1. The second-order valence-electron chi connectivity index (χ2n) is 5.30. The van der Waals surface area contributed by atoms with Crippen LogP contribution in [0.3, 0.4) is 0 Å². The molecule has 1 aliphatic heterocycles. The number of nitrogens with zero attached hydrogens (tertiary/aromatic N) is 3. The van der Waals surface area contributed by atoms with Crippen molar-refractivity contribution >= 4 is 17.2 Å². The Balaban J connectivity index is 1.66. The molecule has 3 heterocycles. The molecule has 22 heavy (non-hydrogen) atoms. The third kappa shape index (κ3) is 3.48. The summed E-state index contributed by atoms with van der Waals surface area (Å²) in [6, 6.07) is 1.75. The van der Waals surface area contributed by atoms with Crippen molar-refractivity contribution in [3.05, 3.63) is 29.0 Å². The van der Waals surface area contributed by atoms with Crippen molar-refractivity contribution in [3.8, 4) is 10.8 Å². The number of aromatic nitrogens is 3. The smallest absolute Gasteiger partial charge is 0.263 e. The molecule has 0 saturated carbocycles. The van der Waals surface area contributed by atoms with Crippen LogP contribution in [0.15, 0.2) is 18.5 Å². The summed E-state index contributed by atoms with van der Waals surface area (Å²) in [4.78, 5) is 25.7. The molecule has 0 bridgehead atoms. The predicted molar refractivity (Wildman–Crippen MR) is 83.8 cm³/mol. The van der Waals surface area contributed by atoms with Crippen molar-refractivity contribution in [1.82, 2.24) is 20.3 Å². The Bertz CT molecular complexity index is 638. The van der Waals surface area contributed by atoms with E-state index in [-0.39, 0.29) is 5.91 Å². The Labute approximate surface area is 133 Å². The SMILES string of the molecule is Cc1nc(-c2ncccn2)sc1C(=O)NC[C@@H]1CCCOC1. The minimum absolute atomic E-state index is 0.0808. The fraction of sp³-hybridized carbons (Fsp3) is 0.467. The molecular formula is C15H18N4O2S. The Morgan fingerprint density at radius 1 is 1.45 bits per heavy atom. The standard InChI is InChI=1S/C15H18N4O2S/c1-10-12(14(20)18-8-11-4-2-7-21-9-11)22-15(19-10)13-16-5-3-6-17-13/h3,5-6,11H,2,4,7-9H2,1H3,(H,18,20)/t11-/m0/s1. The summed E-state index contributed by atoms with van der Waals surface area (Å²) in [6.45, 7) is 4.04. The average Bonchev–Trinajstić information content (AvgIpc) is 2.96. The Morgan fingerprint density at radius 2 is 2.27 bits per heavy atom. The monoisotopic (exact) mass is 318 g/mol. The largest absolute Gasteiger partial charge is 0.381 e. The van der Waals surface area contributed by atoms with Crippen LogP contribution < -0.4 is 5.32 Å². The Kier molecular flexibility index (Phi) is 4.74. The minimum atomic E-state index is -0.0808. The van der Waals surface area contributed by atoms with Crippen LogP contribution in [-0.2, 0) is 4.74 Å². The summed E-state index contributed by atoms with van der Waals surface area (Å²) < 4.78 is 5.43. The molecule has 7 heteroatoms. The third-order valence-electron chi connectivity index (χ3n) is 3.57. The van der Waals surface area contributed by atoms with Gasteiger partial charge in [0.25, 0.3) is 5.91 Å².